The average molecular weight is 579 g/mol. The molecule has 0 spiro atoms. The minimum atomic E-state index is -0.656. The Hall–Kier alpha value is -2.21. The van der Waals surface area contributed by atoms with Gasteiger partial charge in [0.25, 0.3) is 0 Å². The lowest BCUT2D eigenvalue weighted by Gasteiger charge is -2.25. The number of rotatable bonds is 6. The topological polar surface area (TPSA) is 93.2 Å². The number of anilines is 2. The Morgan fingerprint density at radius 1 is 1.14 bits per heavy atom. The second-order valence-electron chi connectivity index (χ2n) is 9.11. The first-order valence-electron chi connectivity index (χ1n) is 11.7. The van der Waals surface area contributed by atoms with Crippen molar-refractivity contribution >= 4 is 49.9 Å². The molecular weight excluding hydrogens is 554 g/mol. The predicted molar refractivity (Wildman–Crippen MR) is 136 cm³/mol. The van der Waals surface area contributed by atoms with Gasteiger partial charge in [-0.2, -0.15) is 0 Å². The molecular formula is C25H25BrClN3O6. The Bertz CT molecular complexity index is 1310. The lowest BCUT2D eigenvalue weighted by atomic mass is 10.1. The molecule has 2 aromatic carbocycles. The minimum absolute atomic E-state index is 0.254. The van der Waals surface area contributed by atoms with Crippen LogP contribution in [0.2, 0.25) is 5.02 Å². The molecule has 1 N–H and O–H groups in total. The van der Waals surface area contributed by atoms with Crippen LogP contribution in [0.5, 0.6) is 11.5 Å². The van der Waals surface area contributed by atoms with Crippen LogP contribution in [0.15, 0.2) is 41.1 Å². The van der Waals surface area contributed by atoms with Gasteiger partial charge in [-0.25, -0.2) is 9.97 Å². The highest BCUT2D eigenvalue weighted by Crippen LogP contribution is 2.45. The van der Waals surface area contributed by atoms with Gasteiger partial charge >= 0.3 is 0 Å². The van der Waals surface area contributed by atoms with Gasteiger partial charge < -0.3 is 33.7 Å². The highest BCUT2D eigenvalue weighted by Gasteiger charge is 2.61. The summed E-state index contributed by atoms with van der Waals surface area (Å²) in [5, 5.41) is 4.67. The van der Waals surface area contributed by atoms with E-state index in [1.54, 1.807) is 7.11 Å². The molecule has 0 amide bonds. The summed E-state index contributed by atoms with van der Waals surface area (Å²) in [4.78, 5) is 8.86. The van der Waals surface area contributed by atoms with E-state index >= 15 is 0 Å². The van der Waals surface area contributed by atoms with Crippen LogP contribution in [0.1, 0.15) is 20.3 Å². The van der Waals surface area contributed by atoms with Crippen molar-refractivity contribution in [3.05, 3.63) is 46.2 Å². The second-order valence-corrected chi connectivity index (χ2v) is 10.4. The van der Waals surface area contributed by atoms with Crippen molar-refractivity contribution in [1.29, 1.82) is 0 Å². The van der Waals surface area contributed by atoms with E-state index < -0.39 is 12.1 Å². The molecule has 6 rings (SSSR count). The predicted octanol–water partition coefficient (Wildman–Crippen LogP) is 5.21. The van der Waals surface area contributed by atoms with E-state index in [2.05, 4.69) is 31.2 Å². The third-order valence-corrected chi connectivity index (χ3v) is 8.03. The molecule has 11 heteroatoms. The molecule has 0 aliphatic carbocycles. The first kappa shape index (κ1) is 24.1. The standard InChI is InChI=1S/C25H25BrClN3O6/c1-4-25(2)35-22-21-20(34-24(22)36-25)19(10-32-21)33-18-9-16-13(8-17(18)31-3)23(29-11-28-16)30-12-5-6-14(26)15(27)7-12/h5-9,11,19-22,24H,4,10H2,1-3H3,(H,28,29,30)/t19?,20-,21+,22-,24+,25?/m0/s1. The van der Waals surface area contributed by atoms with E-state index in [0.29, 0.717) is 34.5 Å². The van der Waals surface area contributed by atoms with Gasteiger partial charge in [0.1, 0.15) is 30.5 Å². The van der Waals surface area contributed by atoms with Crippen molar-refractivity contribution in [3.63, 3.8) is 0 Å². The molecule has 3 aliphatic rings. The van der Waals surface area contributed by atoms with E-state index in [4.69, 9.17) is 40.0 Å². The van der Waals surface area contributed by atoms with Crippen molar-refractivity contribution in [2.45, 2.75) is 56.8 Å². The monoisotopic (exact) mass is 577 g/mol. The van der Waals surface area contributed by atoms with Gasteiger partial charge in [0, 0.05) is 21.6 Å². The Morgan fingerprint density at radius 2 is 2.00 bits per heavy atom. The number of halogens is 2. The Labute approximate surface area is 221 Å². The normalized spacial score (nSPS) is 30.9. The molecule has 1 aromatic heterocycles. The summed E-state index contributed by atoms with van der Waals surface area (Å²) in [5.74, 6) is 1.04. The molecule has 0 radical (unpaired) electrons. The van der Waals surface area contributed by atoms with Crippen LogP contribution in [0.4, 0.5) is 11.5 Å². The van der Waals surface area contributed by atoms with Crippen LogP contribution in [0, 0.1) is 0 Å². The highest BCUT2D eigenvalue weighted by molar-refractivity contribution is 9.10. The van der Waals surface area contributed by atoms with Crippen LogP contribution in [0.25, 0.3) is 10.9 Å². The lowest BCUT2D eigenvalue weighted by Crippen LogP contribution is -2.38. The summed E-state index contributed by atoms with van der Waals surface area (Å²) in [6.07, 6.45) is 0.557. The van der Waals surface area contributed by atoms with Crippen LogP contribution in [0.3, 0.4) is 0 Å². The summed E-state index contributed by atoms with van der Waals surface area (Å²) in [6, 6.07) is 9.28. The van der Waals surface area contributed by atoms with Crippen molar-refractivity contribution < 1.29 is 28.4 Å². The summed E-state index contributed by atoms with van der Waals surface area (Å²) >= 11 is 9.65. The Balaban J connectivity index is 1.24. The summed E-state index contributed by atoms with van der Waals surface area (Å²) in [7, 11) is 1.59. The maximum atomic E-state index is 6.36. The average Bonchev–Trinajstić information content (AvgIpc) is 3.51. The zero-order valence-electron chi connectivity index (χ0n) is 19.9. The van der Waals surface area contributed by atoms with Gasteiger partial charge in [0.15, 0.2) is 29.7 Å². The van der Waals surface area contributed by atoms with Gasteiger partial charge in [-0.3, -0.25) is 0 Å². The van der Waals surface area contributed by atoms with E-state index in [0.717, 1.165) is 22.0 Å². The van der Waals surface area contributed by atoms with E-state index in [1.807, 2.05) is 44.2 Å². The molecule has 9 nitrogen and oxygen atoms in total. The molecule has 3 aliphatic heterocycles. The summed E-state index contributed by atoms with van der Waals surface area (Å²) < 4.78 is 37.2. The fourth-order valence-electron chi connectivity index (χ4n) is 4.78. The molecule has 3 saturated heterocycles. The third-order valence-electron chi connectivity index (χ3n) is 6.80. The Morgan fingerprint density at radius 3 is 2.78 bits per heavy atom. The van der Waals surface area contributed by atoms with E-state index in [-0.39, 0.29) is 24.4 Å². The molecule has 6 atom stereocenters. The zero-order chi connectivity index (χ0) is 25.0. The molecule has 0 bridgehead atoms. The van der Waals surface area contributed by atoms with Crippen molar-refractivity contribution in [1.82, 2.24) is 9.97 Å². The van der Waals surface area contributed by atoms with E-state index in [9.17, 15) is 0 Å². The number of fused-ring (bicyclic) bond motifs is 4. The largest absolute Gasteiger partial charge is 0.493 e. The molecule has 4 heterocycles. The maximum Gasteiger partial charge on any atom is 0.190 e. The molecule has 190 valence electrons. The van der Waals surface area contributed by atoms with Crippen molar-refractivity contribution in [2.75, 3.05) is 19.0 Å². The fraction of sp³-hybridized carbons (Fsp3) is 0.440. The quantitative estimate of drug-likeness (QED) is 0.423. The molecule has 3 aromatic rings. The number of benzene rings is 2. The minimum Gasteiger partial charge on any atom is -0.493 e. The lowest BCUT2D eigenvalue weighted by molar-refractivity contribution is -0.224. The molecule has 3 fully saturated rings. The van der Waals surface area contributed by atoms with Crippen LogP contribution >= 0.6 is 27.5 Å². The maximum absolute atomic E-state index is 6.36. The fourth-order valence-corrected chi connectivity index (χ4v) is 5.20. The van der Waals surface area contributed by atoms with Crippen LogP contribution in [-0.4, -0.2) is 60.2 Å². The van der Waals surface area contributed by atoms with Crippen molar-refractivity contribution in [3.8, 4) is 11.5 Å². The van der Waals surface area contributed by atoms with Crippen LogP contribution < -0.4 is 14.8 Å². The second kappa shape index (κ2) is 9.27. The number of aromatic nitrogens is 2. The van der Waals surface area contributed by atoms with Crippen molar-refractivity contribution in [2.24, 2.45) is 0 Å². The number of hydrogen-bond acceptors (Lipinski definition) is 9. The number of ether oxygens (including phenoxy) is 6. The summed E-state index contributed by atoms with van der Waals surface area (Å²) in [6.45, 7) is 4.31. The zero-order valence-corrected chi connectivity index (χ0v) is 22.2. The molecule has 2 unspecified atom stereocenters. The van der Waals surface area contributed by atoms with Gasteiger partial charge in [-0.15, -0.1) is 0 Å². The Kier molecular flexibility index (Phi) is 6.22. The third kappa shape index (κ3) is 4.19. The van der Waals surface area contributed by atoms with Gasteiger partial charge in [0.2, 0.25) is 0 Å². The van der Waals surface area contributed by atoms with Gasteiger partial charge in [-0.1, -0.05) is 18.5 Å². The number of hydrogen-bond donors (Lipinski definition) is 1. The first-order chi connectivity index (χ1) is 17.4. The molecule has 36 heavy (non-hydrogen) atoms. The summed E-state index contributed by atoms with van der Waals surface area (Å²) in [5.41, 5.74) is 1.49. The number of methoxy groups -OCH3 is 1. The highest BCUT2D eigenvalue weighted by atomic mass is 79.9. The number of nitrogens with one attached hydrogen (secondary N) is 1. The smallest absolute Gasteiger partial charge is 0.190 e. The number of nitrogens with zero attached hydrogens (tertiary/aromatic N) is 2. The van der Waals surface area contributed by atoms with Crippen LogP contribution in [-0.2, 0) is 18.9 Å². The van der Waals surface area contributed by atoms with Gasteiger partial charge in [-0.05, 0) is 53.5 Å². The van der Waals surface area contributed by atoms with Gasteiger partial charge in [0.05, 0.1) is 24.3 Å². The first-order valence-corrected chi connectivity index (χ1v) is 12.9. The SMILES string of the molecule is CCC1(C)O[C@H]2O[C@H]3C(Oc4cc5ncnc(Nc6ccc(Br)c(Cl)c6)c5cc4OC)CO[C@H]3[C@@H]2O1. The molecule has 0 saturated carbocycles. The van der Waals surface area contributed by atoms with E-state index in [1.165, 1.54) is 6.33 Å².